The second-order valence-corrected chi connectivity index (χ2v) is 4.47. The molecule has 0 saturated heterocycles. The predicted octanol–water partition coefficient (Wildman–Crippen LogP) is 2.74. The molecular weight excluding hydrogens is 196 g/mol. The van der Waals surface area contributed by atoms with Crippen LogP contribution in [0.5, 0.6) is 0 Å². The van der Waals surface area contributed by atoms with E-state index in [-0.39, 0.29) is 0 Å². The van der Waals surface area contributed by atoms with Crippen molar-refractivity contribution in [1.29, 1.82) is 5.26 Å². The summed E-state index contributed by atoms with van der Waals surface area (Å²) < 4.78 is 0. The standard InChI is InChI=1S/C14H18N2/c1-11(16-9-3-8-15)13-7-6-12-4-2-5-14(12)10-13/h6-7,10-11,16H,2-5,9H2,1H3. The van der Waals surface area contributed by atoms with Crippen LogP contribution in [0, 0.1) is 11.3 Å². The molecule has 0 saturated carbocycles. The Labute approximate surface area is 97.3 Å². The van der Waals surface area contributed by atoms with E-state index < -0.39 is 0 Å². The molecule has 1 aromatic rings. The van der Waals surface area contributed by atoms with Crippen LogP contribution < -0.4 is 5.32 Å². The first-order valence-electron chi connectivity index (χ1n) is 6.03. The van der Waals surface area contributed by atoms with Crippen LogP contribution in [0.4, 0.5) is 0 Å². The van der Waals surface area contributed by atoms with Gasteiger partial charge in [0.15, 0.2) is 0 Å². The third-order valence-corrected chi connectivity index (χ3v) is 3.31. The Morgan fingerprint density at radius 2 is 2.19 bits per heavy atom. The average Bonchev–Trinajstić information content (AvgIpc) is 2.76. The Morgan fingerprint density at radius 3 is 3.00 bits per heavy atom. The molecule has 0 bridgehead atoms. The average molecular weight is 214 g/mol. The topological polar surface area (TPSA) is 35.8 Å². The third kappa shape index (κ3) is 2.43. The van der Waals surface area contributed by atoms with Crippen LogP contribution in [0.3, 0.4) is 0 Å². The molecule has 2 rings (SSSR count). The first-order valence-corrected chi connectivity index (χ1v) is 6.03. The minimum Gasteiger partial charge on any atom is -0.309 e. The number of aryl methyl sites for hydroxylation is 2. The fourth-order valence-corrected chi connectivity index (χ4v) is 2.32. The maximum Gasteiger partial charge on any atom is 0.0635 e. The molecule has 2 nitrogen and oxygen atoms in total. The van der Waals surface area contributed by atoms with Crippen LogP contribution in [0.2, 0.25) is 0 Å². The molecule has 0 aliphatic heterocycles. The van der Waals surface area contributed by atoms with Crippen molar-refractivity contribution < 1.29 is 0 Å². The quantitative estimate of drug-likeness (QED) is 0.782. The monoisotopic (exact) mass is 214 g/mol. The lowest BCUT2D eigenvalue weighted by atomic mass is 10.0. The van der Waals surface area contributed by atoms with Crippen LogP contribution in [0.1, 0.15) is 42.5 Å². The summed E-state index contributed by atoms with van der Waals surface area (Å²) in [7, 11) is 0. The van der Waals surface area contributed by atoms with Gasteiger partial charge in [-0.2, -0.15) is 5.26 Å². The minimum absolute atomic E-state index is 0.347. The lowest BCUT2D eigenvalue weighted by Gasteiger charge is -2.14. The maximum atomic E-state index is 8.49. The number of hydrogen-bond donors (Lipinski definition) is 1. The zero-order valence-corrected chi connectivity index (χ0v) is 9.79. The van der Waals surface area contributed by atoms with E-state index in [1.807, 2.05) is 0 Å². The van der Waals surface area contributed by atoms with Crippen molar-refractivity contribution in [3.63, 3.8) is 0 Å². The molecule has 0 radical (unpaired) electrons. The number of hydrogen-bond acceptors (Lipinski definition) is 2. The molecule has 0 fully saturated rings. The van der Waals surface area contributed by atoms with Crippen molar-refractivity contribution in [2.24, 2.45) is 0 Å². The lowest BCUT2D eigenvalue weighted by molar-refractivity contribution is 0.582. The summed E-state index contributed by atoms with van der Waals surface area (Å²) in [5, 5.41) is 11.9. The summed E-state index contributed by atoms with van der Waals surface area (Å²) in [6.07, 6.45) is 4.35. The van der Waals surface area contributed by atoms with Crippen molar-refractivity contribution in [2.75, 3.05) is 6.54 Å². The van der Waals surface area contributed by atoms with Gasteiger partial charge < -0.3 is 5.32 Å². The molecule has 0 heterocycles. The largest absolute Gasteiger partial charge is 0.309 e. The second kappa shape index (κ2) is 5.14. The van der Waals surface area contributed by atoms with Crippen molar-refractivity contribution >= 4 is 0 Å². The maximum absolute atomic E-state index is 8.49. The third-order valence-electron chi connectivity index (χ3n) is 3.31. The summed E-state index contributed by atoms with van der Waals surface area (Å²) in [6, 6.07) is 9.31. The zero-order chi connectivity index (χ0) is 11.4. The van der Waals surface area contributed by atoms with E-state index in [0.717, 1.165) is 6.54 Å². The van der Waals surface area contributed by atoms with Gasteiger partial charge in [0.2, 0.25) is 0 Å². The van der Waals surface area contributed by atoms with Crippen LogP contribution in [0.25, 0.3) is 0 Å². The van der Waals surface area contributed by atoms with E-state index in [1.165, 1.54) is 36.0 Å². The summed E-state index contributed by atoms with van der Waals surface area (Å²) in [6.45, 7) is 2.93. The Morgan fingerprint density at radius 1 is 1.38 bits per heavy atom. The molecule has 1 aliphatic rings. The molecular formula is C14H18N2. The Bertz CT molecular complexity index is 404. The predicted molar refractivity (Wildman–Crippen MR) is 65.1 cm³/mol. The molecule has 1 aliphatic carbocycles. The highest BCUT2D eigenvalue weighted by Gasteiger charge is 2.12. The van der Waals surface area contributed by atoms with E-state index in [9.17, 15) is 0 Å². The van der Waals surface area contributed by atoms with Gasteiger partial charge in [0, 0.05) is 19.0 Å². The van der Waals surface area contributed by atoms with Gasteiger partial charge in [-0.25, -0.2) is 0 Å². The van der Waals surface area contributed by atoms with E-state index in [4.69, 9.17) is 5.26 Å². The van der Waals surface area contributed by atoms with Crippen LogP contribution >= 0.6 is 0 Å². The van der Waals surface area contributed by atoms with Crippen LogP contribution in [0.15, 0.2) is 18.2 Å². The Kier molecular flexibility index (Phi) is 3.58. The second-order valence-electron chi connectivity index (χ2n) is 4.47. The number of nitriles is 1. The highest BCUT2D eigenvalue weighted by Crippen LogP contribution is 2.25. The van der Waals surface area contributed by atoms with Crippen molar-refractivity contribution in [2.45, 2.75) is 38.6 Å². The number of benzene rings is 1. The molecule has 1 atom stereocenters. The van der Waals surface area contributed by atoms with Gasteiger partial charge in [0.25, 0.3) is 0 Å². The SMILES string of the molecule is CC(NCCC#N)c1ccc2c(c1)CCC2. The highest BCUT2D eigenvalue weighted by molar-refractivity contribution is 5.36. The fourth-order valence-electron chi connectivity index (χ4n) is 2.32. The summed E-state index contributed by atoms with van der Waals surface area (Å²) in [5.41, 5.74) is 4.39. The zero-order valence-electron chi connectivity index (χ0n) is 9.79. The lowest BCUT2D eigenvalue weighted by Crippen LogP contribution is -2.19. The molecule has 1 aromatic carbocycles. The van der Waals surface area contributed by atoms with Crippen molar-refractivity contribution in [3.8, 4) is 6.07 Å². The van der Waals surface area contributed by atoms with Gasteiger partial charge in [0.1, 0.15) is 0 Å². The molecule has 1 unspecified atom stereocenters. The van der Waals surface area contributed by atoms with Gasteiger partial charge in [-0.1, -0.05) is 18.2 Å². The summed E-state index contributed by atoms with van der Waals surface area (Å²) >= 11 is 0. The molecule has 0 aromatic heterocycles. The normalized spacial score (nSPS) is 15.5. The van der Waals surface area contributed by atoms with E-state index in [2.05, 4.69) is 36.5 Å². The molecule has 1 N–H and O–H groups in total. The first-order chi connectivity index (χ1) is 7.81. The van der Waals surface area contributed by atoms with Crippen LogP contribution in [-0.2, 0) is 12.8 Å². The molecule has 16 heavy (non-hydrogen) atoms. The molecule has 84 valence electrons. The minimum atomic E-state index is 0.347. The number of fused-ring (bicyclic) bond motifs is 1. The first kappa shape index (κ1) is 11.2. The molecule has 0 amide bonds. The smallest absolute Gasteiger partial charge is 0.0635 e. The number of rotatable bonds is 4. The van der Waals surface area contributed by atoms with E-state index >= 15 is 0 Å². The summed E-state index contributed by atoms with van der Waals surface area (Å²) in [4.78, 5) is 0. The molecule has 0 spiro atoms. The number of nitrogens with zero attached hydrogens (tertiary/aromatic N) is 1. The van der Waals surface area contributed by atoms with Crippen molar-refractivity contribution in [3.05, 3.63) is 34.9 Å². The highest BCUT2D eigenvalue weighted by atomic mass is 14.9. The number of nitrogens with one attached hydrogen (secondary N) is 1. The van der Waals surface area contributed by atoms with Gasteiger partial charge >= 0.3 is 0 Å². The Hall–Kier alpha value is -1.33. The van der Waals surface area contributed by atoms with Crippen molar-refractivity contribution in [1.82, 2.24) is 5.32 Å². The summed E-state index contributed by atoms with van der Waals surface area (Å²) in [5.74, 6) is 0. The van der Waals surface area contributed by atoms with Crippen LogP contribution in [-0.4, -0.2) is 6.54 Å². The fraction of sp³-hybridized carbons (Fsp3) is 0.500. The van der Waals surface area contributed by atoms with Gasteiger partial charge in [-0.15, -0.1) is 0 Å². The van der Waals surface area contributed by atoms with E-state index in [0.29, 0.717) is 12.5 Å². The van der Waals surface area contributed by atoms with Gasteiger partial charge in [0.05, 0.1) is 6.07 Å². The molecule has 2 heteroatoms. The Balaban J connectivity index is 2.01. The van der Waals surface area contributed by atoms with Gasteiger partial charge in [-0.3, -0.25) is 0 Å². The van der Waals surface area contributed by atoms with E-state index in [1.54, 1.807) is 0 Å². The van der Waals surface area contributed by atoms with Gasteiger partial charge in [-0.05, 0) is 42.9 Å².